The predicted molar refractivity (Wildman–Crippen MR) is 60.8 cm³/mol. The van der Waals surface area contributed by atoms with E-state index < -0.39 is 4.92 Å². The predicted octanol–water partition coefficient (Wildman–Crippen LogP) is 1.58. The van der Waals surface area contributed by atoms with Crippen LogP contribution < -0.4 is 5.32 Å². The Balaban J connectivity index is 1.99. The highest BCUT2D eigenvalue weighted by molar-refractivity contribution is 5.51. The zero-order valence-corrected chi connectivity index (χ0v) is 9.29. The number of hydrogen-bond acceptors (Lipinski definition) is 5. The monoisotopic (exact) mass is 236 g/mol. The lowest BCUT2D eigenvalue weighted by Gasteiger charge is -2.04. The van der Waals surface area contributed by atoms with Crippen LogP contribution in [0.3, 0.4) is 0 Å². The van der Waals surface area contributed by atoms with Crippen molar-refractivity contribution in [2.24, 2.45) is 7.05 Å². The molecule has 0 radical (unpaired) electrons. The Morgan fingerprint density at radius 1 is 1.65 bits per heavy atom. The third-order valence-corrected chi connectivity index (χ3v) is 2.33. The van der Waals surface area contributed by atoms with E-state index in [-0.39, 0.29) is 5.82 Å². The van der Waals surface area contributed by atoms with Crippen LogP contribution in [0, 0.1) is 10.1 Å². The molecular weight excluding hydrogens is 224 g/mol. The van der Waals surface area contributed by atoms with E-state index in [9.17, 15) is 10.1 Å². The van der Waals surface area contributed by atoms with Gasteiger partial charge in [0.15, 0.2) is 0 Å². The van der Waals surface area contributed by atoms with Crippen LogP contribution in [-0.4, -0.2) is 21.0 Å². The molecular formula is C10H12N4O3. The van der Waals surface area contributed by atoms with E-state index in [4.69, 9.17) is 4.42 Å². The summed E-state index contributed by atoms with van der Waals surface area (Å²) in [5, 5.41) is 13.7. The second-order valence-corrected chi connectivity index (χ2v) is 3.54. The summed E-state index contributed by atoms with van der Waals surface area (Å²) in [5.74, 6) is 1.08. The average molecular weight is 236 g/mol. The number of anilines is 1. The molecule has 0 saturated heterocycles. The van der Waals surface area contributed by atoms with E-state index in [0.717, 1.165) is 5.76 Å². The molecule has 2 aromatic rings. The van der Waals surface area contributed by atoms with Crippen molar-refractivity contribution in [3.63, 3.8) is 0 Å². The zero-order valence-electron chi connectivity index (χ0n) is 9.29. The lowest BCUT2D eigenvalue weighted by atomic mass is 10.3. The van der Waals surface area contributed by atoms with Gasteiger partial charge in [-0.15, -0.1) is 0 Å². The van der Waals surface area contributed by atoms with Gasteiger partial charge in [-0.3, -0.25) is 4.57 Å². The van der Waals surface area contributed by atoms with Crippen LogP contribution in [0.15, 0.2) is 29.1 Å². The topological polar surface area (TPSA) is 86.1 Å². The first kappa shape index (κ1) is 11.2. The quantitative estimate of drug-likeness (QED) is 0.629. The van der Waals surface area contributed by atoms with Crippen LogP contribution in [0.25, 0.3) is 0 Å². The van der Waals surface area contributed by atoms with Crippen LogP contribution in [0.2, 0.25) is 0 Å². The highest BCUT2D eigenvalue weighted by Gasteiger charge is 2.19. The van der Waals surface area contributed by atoms with E-state index in [1.807, 2.05) is 12.1 Å². The van der Waals surface area contributed by atoms with Crippen molar-refractivity contribution < 1.29 is 9.34 Å². The summed E-state index contributed by atoms with van der Waals surface area (Å²) in [6, 6.07) is 3.67. The van der Waals surface area contributed by atoms with Gasteiger partial charge in [-0.05, 0) is 22.0 Å². The molecule has 7 heteroatoms. The number of aryl methyl sites for hydroxylation is 1. The maximum Gasteiger partial charge on any atom is 0.406 e. The molecule has 17 heavy (non-hydrogen) atoms. The van der Waals surface area contributed by atoms with Crippen molar-refractivity contribution in [3.8, 4) is 0 Å². The molecule has 0 amide bonds. The van der Waals surface area contributed by atoms with Gasteiger partial charge in [0.05, 0.1) is 6.26 Å². The molecule has 2 heterocycles. The molecule has 1 N–H and O–H groups in total. The number of hydrogen-bond donors (Lipinski definition) is 1. The first-order valence-electron chi connectivity index (χ1n) is 5.10. The first-order chi connectivity index (χ1) is 8.18. The minimum atomic E-state index is -0.505. The van der Waals surface area contributed by atoms with Gasteiger partial charge in [0, 0.05) is 20.0 Å². The molecule has 0 fully saturated rings. The minimum Gasteiger partial charge on any atom is -0.469 e. The normalized spacial score (nSPS) is 10.4. The lowest BCUT2D eigenvalue weighted by molar-refractivity contribution is -0.388. The van der Waals surface area contributed by atoms with Crippen molar-refractivity contribution in [2.45, 2.75) is 6.42 Å². The number of aromatic nitrogens is 2. The fourth-order valence-corrected chi connectivity index (χ4v) is 1.51. The summed E-state index contributed by atoms with van der Waals surface area (Å²) in [7, 11) is 1.70. The second-order valence-electron chi connectivity index (χ2n) is 3.54. The molecule has 0 aromatic carbocycles. The molecule has 0 atom stereocenters. The highest BCUT2D eigenvalue weighted by atomic mass is 16.6. The smallest absolute Gasteiger partial charge is 0.406 e. The van der Waals surface area contributed by atoms with Crippen molar-refractivity contribution in [1.29, 1.82) is 0 Å². The van der Waals surface area contributed by atoms with Gasteiger partial charge in [-0.2, -0.15) is 0 Å². The van der Waals surface area contributed by atoms with Gasteiger partial charge in [0.25, 0.3) is 0 Å². The molecule has 90 valence electrons. The fourth-order valence-electron chi connectivity index (χ4n) is 1.51. The van der Waals surface area contributed by atoms with Crippen LogP contribution in [0.4, 0.5) is 11.6 Å². The Kier molecular flexibility index (Phi) is 3.08. The van der Waals surface area contributed by atoms with E-state index in [1.54, 1.807) is 17.9 Å². The molecule has 0 aliphatic rings. The number of nitro groups is 1. The molecule has 7 nitrogen and oxygen atoms in total. The molecule has 0 spiro atoms. The number of furan rings is 1. The zero-order chi connectivity index (χ0) is 12.3. The molecule has 2 aromatic heterocycles. The van der Waals surface area contributed by atoms with E-state index in [2.05, 4.69) is 10.3 Å². The average Bonchev–Trinajstić information content (AvgIpc) is 2.89. The van der Waals surface area contributed by atoms with Gasteiger partial charge < -0.3 is 19.8 Å². The van der Waals surface area contributed by atoms with Crippen LogP contribution in [-0.2, 0) is 13.5 Å². The Morgan fingerprint density at radius 2 is 2.47 bits per heavy atom. The second kappa shape index (κ2) is 4.69. The summed E-state index contributed by atoms with van der Waals surface area (Å²) in [6.45, 7) is 0.549. The summed E-state index contributed by atoms with van der Waals surface area (Å²) < 4.78 is 6.75. The van der Waals surface area contributed by atoms with Crippen LogP contribution in [0.5, 0.6) is 0 Å². The van der Waals surface area contributed by atoms with Crippen molar-refractivity contribution >= 4 is 11.6 Å². The summed E-state index contributed by atoms with van der Waals surface area (Å²) in [5.41, 5.74) is 0. The number of rotatable bonds is 5. The number of nitrogens with zero attached hydrogens (tertiary/aromatic N) is 3. The molecule has 2 rings (SSSR count). The van der Waals surface area contributed by atoms with E-state index in [0.29, 0.717) is 18.8 Å². The Bertz CT molecular complexity index is 504. The SMILES string of the molecule is Cn1cnc([N+](=O)[O-])c1NCCc1ccco1. The van der Waals surface area contributed by atoms with Gasteiger partial charge in [0.1, 0.15) is 5.76 Å². The number of imidazole rings is 1. The maximum absolute atomic E-state index is 10.7. The van der Waals surface area contributed by atoms with Crippen LogP contribution >= 0.6 is 0 Å². The Morgan fingerprint density at radius 3 is 3.12 bits per heavy atom. The van der Waals surface area contributed by atoms with E-state index in [1.165, 1.54) is 6.33 Å². The summed E-state index contributed by atoms with van der Waals surface area (Å²) in [6.07, 6.45) is 3.67. The molecule has 0 saturated carbocycles. The van der Waals surface area contributed by atoms with Crippen molar-refractivity contribution in [3.05, 3.63) is 40.6 Å². The summed E-state index contributed by atoms with van der Waals surface area (Å²) >= 11 is 0. The van der Waals surface area contributed by atoms with Crippen LogP contribution in [0.1, 0.15) is 5.76 Å². The number of nitrogens with one attached hydrogen (secondary N) is 1. The van der Waals surface area contributed by atoms with Crippen molar-refractivity contribution in [1.82, 2.24) is 9.55 Å². The van der Waals surface area contributed by atoms with Gasteiger partial charge in [-0.1, -0.05) is 0 Å². The third kappa shape index (κ3) is 2.44. The Labute approximate surface area is 97.2 Å². The minimum absolute atomic E-state index is 0.160. The third-order valence-electron chi connectivity index (χ3n) is 2.33. The largest absolute Gasteiger partial charge is 0.469 e. The molecule has 0 aliphatic heterocycles. The lowest BCUT2D eigenvalue weighted by Crippen LogP contribution is -2.09. The highest BCUT2D eigenvalue weighted by Crippen LogP contribution is 2.20. The fraction of sp³-hybridized carbons (Fsp3) is 0.300. The van der Waals surface area contributed by atoms with E-state index >= 15 is 0 Å². The van der Waals surface area contributed by atoms with Gasteiger partial charge in [-0.25, -0.2) is 0 Å². The Hall–Kier alpha value is -2.31. The van der Waals surface area contributed by atoms with Gasteiger partial charge in [0.2, 0.25) is 12.1 Å². The van der Waals surface area contributed by atoms with Crippen molar-refractivity contribution in [2.75, 3.05) is 11.9 Å². The molecule has 0 bridgehead atoms. The molecule has 0 aliphatic carbocycles. The first-order valence-corrected chi connectivity index (χ1v) is 5.10. The standard InChI is InChI=1S/C10H12N4O3/c1-13-7-12-10(14(15)16)9(13)11-5-4-8-3-2-6-17-8/h2-3,6-7,11H,4-5H2,1H3. The molecule has 0 unspecified atom stereocenters. The summed E-state index contributed by atoms with van der Waals surface area (Å²) in [4.78, 5) is 13.9. The maximum atomic E-state index is 10.7. The van der Waals surface area contributed by atoms with Gasteiger partial charge >= 0.3 is 5.82 Å².